The minimum Gasteiger partial charge on any atom is -0.481 e. The molecule has 2 aromatic heterocycles. The summed E-state index contributed by atoms with van der Waals surface area (Å²) in [7, 11) is 5.76. The molecule has 1 fully saturated rings. The van der Waals surface area contributed by atoms with Gasteiger partial charge < -0.3 is 19.4 Å². The smallest absolute Gasteiger partial charge is 0.213 e. The van der Waals surface area contributed by atoms with Gasteiger partial charge in [-0.25, -0.2) is 9.97 Å². The number of rotatable bonds is 5. The van der Waals surface area contributed by atoms with Gasteiger partial charge in [0, 0.05) is 63.8 Å². The minimum atomic E-state index is 0.632. The standard InChI is InChI=1S/C24H29N5O/c1-18-5-11-22(25-17-18)29-15-13-28(14-16-29)21-10-12-23(30-4)26-24(21)19-6-8-20(9-7-19)27(2)3/h5-12,17H,13-16H2,1-4H3. The molecule has 4 rings (SSSR count). The van der Waals surface area contributed by atoms with Gasteiger partial charge >= 0.3 is 0 Å². The van der Waals surface area contributed by atoms with Crippen molar-refractivity contribution < 1.29 is 4.74 Å². The average molecular weight is 404 g/mol. The molecule has 0 aliphatic carbocycles. The van der Waals surface area contributed by atoms with Crippen LogP contribution < -0.4 is 19.4 Å². The first-order valence-corrected chi connectivity index (χ1v) is 10.3. The van der Waals surface area contributed by atoms with E-state index in [0.29, 0.717) is 5.88 Å². The number of nitrogens with zero attached hydrogens (tertiary/aromatic N) is 5. The third-order valence-electron chi connectivity index (χ3n) is 5.55. The number of pyridine rings is 2. The number of methoxy groups -OCH3 is 1. The Morgan fingerprint density at radius 3 is 2.17 bits per heavy atom. The van der Waals surface area contributed by atoms with Crippen LogP contribution in [0.4, 0.5) is 17.2 Å². The molecule has 0 bridgehead atoms. The van der Waals surface area contributed by atoms with Crippen LogP contribution in [-0.2, 0) is 0 Å². The molecular formula is C24H29N5O. The Morgan fingerprint density at radius 2 is 1.57 bits per heavy atom. The van der Waals surface area contributed by atoms with E-state index in [4.69, 9.17) is 9.72 Å². The fourth-order valence-electron chi connectivity index (χ4n) is 3.76. The van der Waals surface area contributed by atoms with Gasteiger partial charge in [-0.1, -0.05) is 18.2 Å². The van der Waals surface area contributed by atoms with Crippen molar-refractivity contribution in [2.75, 3.05) is 62.1 Å². The van der Waals surface area contributed by atoms with Crippen molar-refractivity contribution in [1.82, 2.24) is 9.97 Å². The number of aromatic nitrogens is 2. The summed E-state index contributed by atoms with van der Waals surface area (Å²) in [6.07, 6.45) is 1.94. The highest BCUT2D eigenvalue weighted by Gasteiger charge is 2.22. The molecule has 1 saturated heterocycles. The number of anilines is 3. The highest BCUT2D eigenvalue weighted by molar-refractivity contribution is 5.77. The Morgan fingerprint density at radius 1 is 0.867 bits per heavy atom. The van der Waals surface area contributed by atoms with Crippen LogP contribution >= 0.6 is 0 Å². The van der Waals surface area contributed by atoms with Crippen LogP contribution in [0.15, 0.2) is 54.7 Å². The Hall–Kier alpha value is -3.28. The molecule has 0 amide bonds. The predicted molar refractivity (Wildman–Crippen MR) is 124 cm³/mol. The van der Waals surface area contributed by atoms with Crippen molar-refractivity contribution in [2.45, 2.75) is 6.92 Å². The Bertz CT molecular complexity index is 977. The van der Waals surface area contributed by atoms with Crippen LogP contribution in [0.25, 0.3) is 11.3 Å². The SMILES string of the molecule is COc1ccc(N2CCN(c3ccc(C)cn3)CC2)c(-c2ccc(N(C)C)cc2)n1. The zero-order valence-corrected chi connectivity index (χ0v) is 18.2. The summed E-state index contributed by atoms with van der Waals surface area (Å²) in [5.74, 6) is 1.68. The van der Waals surface area contributed by atoms with Crippen LogP contribution in [0, 0.1) is 6.92 Å². The van der Waals surface area contributed by atoms with Gasteiger partial charge in [-0.3, -0.25) is 0 Å². The molecule has 6 heteroatoms. The molecule has 1 aliphatic rings. The van der Waals surface area contributed by atoms with Crippen molar-refractivity contribution in [3.05, 3.63) is 60.3 Å². The monoisotopic (exact) mass is 403 g/mol. The number of ether oxygens (including phenoxy) is 1. The minimum absolute atomic E-state index is 0.632. The van der Waals surface area contributed by atoms with E-state index < -0.39 is 0 Å². The summed E-state index contributed by atoms with van der Waals surface area (Å²) < 4.78 is 5.41. The van der Waals surface area contributed by atoms with Crippen LogP contribution in [0.1, 0.15) is 5.56 Å². The van der Waals surface area contributed by atoms with E-state index in [9.17, 15) is 0 Å². The van der Waals surface area contributed by atoms with Gasteiger partial charge in [-0.15, -0.1) is 0 Å². The number of hydrogen-bond acceptors (Lipinski definition) is 6. The van der Waals surface area contributed by atoms with Gasteiger partial charge in [0.2, 0.25) is 5.88 Å². The van der Waals surface area contributed by atoms with E-state index >= 15 is 0 Å². The van der Waals surface area contributed by atoms with Gasteiger partial charge in [0.15, 0.2) is 0 Å². The Balaban J connectivity index is 1.57. The van der Waals surface area contributed by atoms with Crippen LogP contribution in [0.3, 0.4) is 0 Å². The molecule has 156 valence electrons. The second kappa shape index (κ2) is 8.61. The number of hydrogen-bond donors (Lipinski definition) is 0. The number of piperazine rings is 1. The topological polar surface area (TPSA) is 44.7 Å². The zero-order valence-electron chi connectivity index (χ0n) is 18.2. The Kier molecular flexibility index (Phi) is 5.74. The van der Waals surface area contributed by atoms with Gasteiger partial charge in [-0.2, -0.15) is 0 Å². The van der Waals surface area contributed by atoms with Gasteiger partial charge in [-0.05, 0) is 36.8 Å². The predicted octanol–water partition coefficient (Wildman–Crippen LogP) is 3.85. The van der Waals surface area contributed by atoms with Crippen LogP contribution in [-0.4, -0.2) is 57.4 Å². The van der Waals surface area contributed by atoms with Crippen molar-refractivity contribution >= 4 is 17.2 Å². The first-order chi connectivity index (χ1) is 14.5. The van der Waals surface area contributed by atoms with Crippen molar-refractivity contribution in [3.63, 3.8) is 0 Å². The molecule has 0 spiro atoms. The van der Waals surface area contributed by atoms with E-state index in [1.807, 2.05) is 26.4 Å². The summed E-state index contributed by atoms with van der Waals surface area (Å²) in [5, 5.41) is 0. The van der Waals surface area contributed by atoms with Crippen molar-refractivity contribution in [1.29, 1.82) is 0 Å². The third-order valence-corrected chi connectivity index (χ3v) is 5.55. The molecule has 0 unspecified atom stereocenters. The molecule has 3 aromatic rings. The van der Waals surface area contributed by atoms with E-state index in [-0.39, 0.29) is 0 Å². The maximum Gasteiger partial charge on any atom is 0.213 e. The first kappa shape index (κ1) is 20.0. The second-order valence-electron chi connectivity index (χ2n) is 7.83. The lowest BCUT2D eigenvalue weighted by Crippen LogP contribution is -2.47. The lowest BCUT2D eigenvalue weighted by Gasteiger charge is -2.37. The molecule has 0 saturated carbocycles. The van der Waals surface area contributed by atoms with Crippen molar-refractivity contribution in [3.8, 4) is 17.1 Å². The first-order valence-electron chi connectivity index (χ1n) is 10.3. The normalized spacial score (nSPS) is 14.0. The maximum atomic E-state index is 5.41. The van der Waals surface area contributed by atoms with Crippen LogP contribution in [0.2, 0.25) is 0 Å². The average Bonchev–Trinajstić information content (AvgIpc) is 2.79. The van der Waals surface area contributed by atoms with Gasteiger partial charge in [0.25, 0.3) is 0 Å². The van der Waals surface area contributed by atoms with Gasteiger partial charge in [0.05, 0.1) is 18.5 Å². The van der Waals surface area contributed by atoms with Gasteiger partial charge in [0.1, 0.15) is 5.82 Å². The summed E-state index contributed by atoms with van der Waals surface area (Å²) in [5.41, 5.74) is 5.55. The summed E-state index contributed by atoms with van der Waals surface area (Å²) in [4.78, 5) is 16.2. The highest BCUT2D eigenvalue weighted by atomic mass is 16.5. The van der Waals surface area contributed by atoms with Crippen molar-refractivity contribution in [2.24, 2.45) is 0 Å². The summed E-state index contributed by atoms with van der Waals surface area (Å²) in [6.45, 7) is 5.78. The quantitative estimate of drug-likeness (QED) is 0.645. The number of aryl methyl sites for hydroxylation is 1. The maximum absolute atomic E-state index is 5.41. The van der Waals surface area contributed by atoms with E-state index in [1.165, 1.54) is 11.3 Å². The molecular weight excluding hydrogens is 374 g/mol. The lowest BCUT2D eigenvalue weighted by atomic mass is 10.1. The molecule has 6 nitrogen and oxygen atoms in total. The third kappa shape index (κ3) is 4.17. The molecule has 0 atom stereocenters. The molecule has 1 aliphatic heterocycles. The molecule has 1 aromatic carbocycles. The van der Waals surface area contributed by atoms with E-state index in [2.05, 4.69) is 69.1 Å². The van der Waals surface area contributed by atoms with E-state index in [1.54, 1.807) is 7.11 Å². The summed E-state index contributed by atoms with van der Waals surface area (Å²) in [6, 6.07) is 16.8. The van der Waals surface area contributed by atoms with Crippen LogP contribution in [0.5, 0.6) is 5.88 Å². The number of benzene rings is 1. The molecule has 30 heavy (non-hydrogen) atoms. The second-order valence-corrected chi connectivity index (χ2v) is 7.83. The summed E-state index contributed by atoms with van der Waals surface area (Å²) >= 11 is 0. The zero-order chi connectivity index (χ0) is 21.1. The molecule has 0 radical (unpaired) electrons. The fourth-order valence-corrected chi connectivity index (χ4v) is 3.76. The lowest BCUT2D eigenvalue weighted by molar-refractivity contribution is 0.398. The highest BCUT2D eigenvalue weighted by Crippen LogP contribution is 2.33. The Labute approximate surface area is 178 Å². The molecule has 0 N–H and O–H groups in total. The largest absolute Gasteiger partial charge is 0.481 e. The fraction of sp³-hybridized carbons (Fsp3) is 0.333. The van der Waals surface area contributed by atoms with E-state index in [0.717, 1.165) is 48.9 Å². The molecule has 3 heterocycles.